The lowest BCUT2D eigenvalue weighted by atomic mass is 9.91. The number of nitrogens with one attached hydrogen (secondary N) is 1. The molecule has 4 aromatic carbocycles. The summed E-state index contributed by atoms with van der Waals surface area (Å²) in [5.41, 5.74) is 11.2. The Morgan fingerprint density at radius 2 is 1.24 bits per heavy atom. The summed E-state index contributed by atoms with van der Waals surface area (Å²) >= 11 is 0. The van der Waals surface area contributed by atoms with Crippen molar-refractivity contribution in [3.63, 3.8) is 0 Å². The van der Waals surface area contributed by atoms with E-state index in [0.29, 0.717) is 11.4 Å². The monoisotopic (exact) mass is 322 g/mol. The highest BCUT2D eigenvalue weighted by Gasteiger charge is 2.13. The molecule has 0 aromatic heterocycles. The summed E-state index contributed by atoms with van der Waals surface area (Å²) in [7, 11) is 0. The molecule has 120 valence electrons. The average Bonchev–Trinajstić information content (AvgIpc) is 2.68. The van der Waals surface area contributed by atoms with Crippen LogP contribution < -0.4 is 5.73 Å². The number of para-hydroxylation sites is 1. The Labute approximate surface area is 147 Å². The molecule has 0 fully saturated rings. The Balaban J connectivity index is 1.93. The fraction of sp³-hybridized carbons (Fsp3) is 0. The van der Waals surface area contributed by atoms with E-state index in [4.69, 9.17) is 11.1 Å². The molecule has 0 spiro atoms. The van der Waals surface area contributed by atoms with Crippen molar-refractivity contribution in [2.75, 3.05) is 5.73 Å². The van der Waals surface area contributed by atoms with Crippen LogP contribution in [0.25, 0.3) is 21.9 Å². The first-order chi connectivity index (χ1) is 12.3. The molecule has 25 heavy (non-hydrogen) atoms. The minimum Gasteiger partial charge on any atom is -0.398 e. The average molecular weight is 322 g/mol. The molecule has 0 bridgehead atoms. The lowest BCUT2D eigenvalue weighted by Gasteiger charge is -2.14. The van der Waals surface area contributed by atoms with E-state index in [2.05, 4.69) is 30.3 Å². The lowest BCUT2D eigenvalue weighted by Crippen LogP contribution is -2.06. The largest absolute Gasteiger partial charge is 0.398 e. The van der Waals surface area contributed by atoms with Crippen LogP contribution >= 0.6 is 0 Å². The lowest BCUT2D eigenvalue weighted by molar-refractivity contribution is 1.47. The van der Waals surface area contributed by atoms with Gasteiger partial charge in [0.1, 0.15) is 0 Å². The summed E-state index contributed by atoms with van der Waals surface area (Å²) in [6.45, 7) is 0. The summed E-state index contributed by atoms with van der Waals surface area (Å²) < 4.78 is 0. The molecule has 4 aromatic rings. The number of fused-ring (bicyclic) bond motifs is 1. The number of hydrogen-bond donors (Lipinski definition) is 2. The Hall–Kier alpha value is -3.39. The Bertz CT molecular complexity index is 1070. The van der Waals surface area contributed by atoms with Crippen LogP contribution in [0.3, 0.4) is 0 Å². The van der Waals surface area contributed by atoms with Gasteiger partial charge in [-0.2, -0.15) is 0 Å². The van der Waals surface area contributed by atoms with Crippen LogP contribution in [0.2, 0.25) is 0 Å². The molecular weight excluding hydrogens is 304 g/mol. The predicted molar refractivity (Wildman–Crippen MR) is 106 cm³/mol. The van der Waals surface area contributed by atoms with E-state index in [-0.39, 0.29) is 0 Å². The highest BCUT2D eigenvalue weighted by atomic mass is 14.6. The van der Waals surface area contributed by atoms with Crippen molar-refractivity contribution in [1.29, 1.82) is 5.41 Å². The van der Waals surface area contributed by atoms with Crippen LogP contribution in [-0.2, 0) is 0 Å². The quantitative estimate of drug-likeness (QED) is 0.379. The van der Waals surface area contributed by atoms with Crippen molar-refractivity contribution >= 4 is 22.2 Å². The number of rotatable bonds is 3. The molecular formula is C23H18N2. The van der Waals surface area contributed by atoms with Gasteiger partial charge in [0.15, 0.2) is 0 Å². The van der Waals surface area contributed by atoms with Crippen LogP contribution in [-0.4, -0.2) is 5.71 Å². The summed E-state index contributed by atoms with van der Waals surface area (Å²) in [5.74, 6) is 0. The van der Waals surface area contributed by atoms with Crippen molar-refractivity contribution in [2.45, 2.75) is 0 Å². The number of hydrogen-bond acceptors (Lipinski definition) is 2. The van der Waals surface area contributed by atoms with Crippen LogP contribution in [0, 0.1) is 5.41 Å². The second-order valence-electron chi connectivity index (χ2n) is 6.03. The van der Waals surface area contributed by atoms with E-state index in [1.165, 1.54) is 11.1 Å². The van der Waals surface area contributed by atoms with Crippen molar-refractivity contribution in [3.8, 4) is 11.1 Å². The summed E-state index contributed by atoms with van der Waals surface area (Å²) in [6, 6.07) is 30.3. The van der Waals surface area contributed by atoms with Gasteiger partial charge in [0, 0.05) is 16.8 Å². The molecule has 2 nitrogen and oxygen atoms in total. The van der Waals surface area contributed by atoms with Crippen LogP contribution in [0.5, 0.6) is 0 Å². The predicted octanol–water partition coefficient (Wildman–Crippen LogP) is 5.51. The first-order valence-electron chi connectivity index (χ1n) is 8.26. The fourth-order valence-electron chi connectivity index (χ4n) is 3.26. The minimum atomic E-state index is 0.453. The van der Waals surface area contributed by atoms with Crippen LogP contribution in [0.15, 0.2) is 91.0 Å². The zero-order valence-corrected chi connectivity index (χ0v) is 13.7. The number of nitrogen functional groups attached to an aromatic ring is 1. The van der Waals surface area contributed by atoms with Gasteiger partial charge in [0.25, 0.3) is 0 Å². The first kappa shape index (κ1) is 15.2. The highest BCUT2D eigenvalue weighted by Crippen LogP contribution is 2.32. The number of anilines is 1. The Morgan fingerprint density at radius 3 is 2.00 bits per heavy atom. The number of nitrogens with two attached hydrogens (primary N) is 1. The molecule has 0 saturated heterocycles. The van der Waals surface area contributed by atoms with Gasteiger partial charge in [-0.05, 0) is 28.0 Å². The molecule has 4 rings (SSSR count). The molecule has 0 aliphatic carbocycles. The second kappa shape index (κ2) is 6.25. The summed E-state index contributed by atoms with van der Waals surface area (Å²) in [6.07, 6.45) is 0. The van der Waals surface area contributed by atoms with Gasteiger partial charge in [-0.1, -0.05) is 84.9 Å². The van der Waals surface area contributed by atoms with E-state index in [0.717, 1.165) is 21.9 Å². The normalized spacial score (nSPS) is 10.7. The van der Waals surface area contributed by atoms with E-state index in [9.17, 15) is 0 Å². The standard InChI is InChI=1S/C23H18N2/c24-22-13-7-6-12-21(22)23(25)20-15-14-17(16-8-2-1-3-9-16)18-10-4-5-11-19(18)20/h1-15,25H,24H2. The van der Waals surface area contributed by atoms with Gasteiger partial charge in [0.2, 0.25) is 0 Å². The van der Waals surface area contributed by atoms with Crippen LogP contribution in [0.1, 0.15) is 11.1 Å². The maximum Gasteiger partial charge on any atom is 0.0711 e. The van der Waals surface area contributed by atoms with Crippen LogP contribution in [0.4, 0.5) is 5.69 Å². The van der Waals surface area contributed by atoms with Gasteiger partial charge in [-0.3, -0.25) is 5.41 Å². The maximum absolute atomic E-state index is 8.69. The third kappa shape index (κ3) is 2.68. The second-order valence-corrected chi connectivity index (χ2v) is 6.03. The molecule has 0 amide bonds. The van der Waals surface area contributed by atoms with Gasteiger partial charge in [0.05, 0.1) is 5.71 Å². The Morgan fingerprint density at radius 1 is 0.600 bits per heavy atom. The summed E-state index contributed by atoms with van der Waals surface area (Å²) in [5, 5.41) is 10.9. The minimum absolute atomic E-state index is 0.453. The molecule has 0 aliphatic heterocycles. The molecule has 2 heteroatoms. The zero-order chi connectivity index (χ0) is 17.2. The smallest absolute Gasteiger partial charge is 0.0711 e. The topological polar surface area (TPSA) is 49.9 Å². The maximum atomic E-state index is 8.69. The van der Waals surface area contributed by atoms with Gasteiger partial charge in [-0.25, -0.2) is 0 Å². The fourth-order valence-corrected chi connectivity index (χ4v) is 3.26. The van der Waals surface area contributed by atoms with E-state index in [1.54, 1.807) is 0 Å². The van der Waals surface area contributed by atoms with Crippen molar-refractivity contribution in [3.05, 3.63) is 102 Å². The third-order valence-corrected chi connectivity index (χ3v) is 4.51. The van der Waals surface area contributed by atoms with Gasteiger partial charge >= 0.3 is 0 Å². The molecule has 0 unspecified atom stereocenters. The molecule has 0 aliphatic rings. The van der Waals surface area contributed by atoms with Crippen molar-refractivity contribution < 1.29 is 0 Å². The van der Waals surface area contributed by atoms with E-state index >= 15 is 0 Å². The summed E-state index contributed by atoms with van der Waals surface area (Å²) in [4.78, 5) is 0. The Kier molecular flexibility index (Phi) is 3.79. The first-order valence-corrected chi connectivity index (χ1v) is 8.26. The molecule has 0 saturated carbocycles. The highest BCUT2D eigenvalue weighted by molar-refractivity contribution is 6.21. The van der Waals surface area contributed by atoms with E-state index < -0.39 is 0 Å². The van der Waals surface area contributed by atoms with E-state index in [1.807, 2.05) is 60.7 Å². The van der Waals surface area contributed by atoms with Crippen molar-refractivity contribution in [1.82, 2.24) is 0 Å². The number of benzene rings is 4. The zero-order valence-electron chi connectivity index (χ0n) is 13.7. The van der Waals surface area contributed by atoms with Crippen molar-refractivity contribution in [2.24, 2.45) is 0 Å². The third-order valence-electron chi connectivity index (χ3n) is 4.51. The van der Waals surface area contributed by atoms with Gasteiger partial charge < -0.3 is 5.73 Å². The molecule has 3 N–H and O–H groups in total. The molecule has 0 radical (unpaired) electrons. The SMILES string of the molecule is N=C(c1ccccc1N)c1ccc(-c2ccccc2)c2ccccc12. The van der Waals surface area contributed by atoms with Gasteiger partial charge in [-0.15, -0.1) is 0 Å². The molecule has 0 atom stereocenters. The molecule has 0 heterocycles.